The Morgan fingerprint density at radius 2 is 1.90 bits per heavy atom. The van der Waals surface area contributed by atoms with Crippen LogP contribution in [0.1, 0.15) is 13.8 Å². The van der Waals surface area contributed by atoms with E-state index >= 15 is 0 Å². The van der Waals surface area contributed by atoms with Crippen LogP contribution in [0.2, 0.25) is 0 Å². The molecular formula is C16H16N2OS. The zero-order valence-electron chi connectivity index (χ0n) is 11.6. The van der Waals surface area contributed by atoms with Crippen LogP contribution in [0.25, 0.3) is 20.8 Å². The van der Waals surface area contributed by atoms with Crippen molar-refractivity contribution in [2.75, 3.05) is 18.0 Å². The standard InChI is InChI=1S/C16H16N2OS/c1-3-18(4-2)13-9-11(19)10-15-16(13)17-12-7-5-6-8-14(12)20-15/h5-10H,3-4H2,1-2H3. The van der Waals surface area contributed by atoms with E-state index in [1.165, 1.54) is 0 Å². The van der Waals surface area contributed by atoms with Crippen LogP contribution in [0.3, 0.4) is 0 Å². The van der Waals surface area contributed by atoms with Gasteiger partial charge in [-0.2, -0.15) is 0 Å². The molecule has 1 aliphatic carbocycles. The van der Waals surface area contributed by atoms with E-state index in [0.29, 0.717) is 0 Å². The van der Waals surface area contributed by atoms with E-state index in [9.17, 15) is 4.79 Å². The molecular weight excluding hydrogens is 268 g/mol. The SMILES string of the molecule is CCN(CC)c1cc(=O)cc2sc3ccccc3nc1-2. The molecule has 4 heteroatoms. The van der Waals surface area contributed by atoms with Gasteiger partial charge < -0.3 is 4.90 Å². The number of aromatic nitrogens is 1. The molecule has 20 heavy (non-hydrogen) atoms. The van der Waals surface area contributed by atoms with Crippen LogP contribution in [-0.2, 0) is 0 Å². The summed E-state index contributed by atoms with van der Waals surface area (Å²) in [5, 5.41) is 0. The fourth-order valence-electron chi connectivity index (χ4n) is 2.44. The average Bonchev–Trinajstić information content (AvgIpc) is 2.46. The van der Waals surface area contributed by atoms with E-state index in [1.54, 1.807) is 23.5 Å². The molecule has 3 rings (SSSR count). The highest BCUT2D eigenvalue weighted by atomic mass is 32.1. The third-order valence-corrected chi connectivity index (χ3v) is 4.55. The molecule has 1 aromatic carbocycles. The highest BCUT2D eigenvalue weighted by Gasteiger charge is 2.16. The second-order valence-electron chi connectivity index (χ2n) is 4.64. The highest BCUT2D eigenvalue weighted by Crippen LogP contribution is 2.35. The zero-order valence-corrected chi connectivity index (χ0v) is 12.4. The smallest absolute Gasteiger partial charge is 0.182 e. The summed E-state index contributed by atoms with van der Waals surface area (Å²) in [7, 11) is 0. The van der Waals surface area contributed by atoms with E-state index < -0.39 is 0 Å². The number of anilines is 1. The molecule has 0 atom stereocenters. The normalized spacial score (nSPS) is 11.1. The molecule has 0 amide bonds. The molecule has 0 radical (unpaired) electrons. The Balaban J connectivity index is 2.35. The minimum atomic E-state index is 0.0488. The summed E-state index contributed by atoms with van der Waals surface area (Å²) in [4.78, 5) is 19.8. The lowest BCUT2D eigenvalue weighted by molar-refractivity contribution is 0.864. The average molecular weight is 284 g/mol. The Kier molecular flexibility index (Phi) is 3.40. The van der Waals surface area contributed by atoms with E-state index in [1.807, 2.05) is 24.3 Å². The minimum Gasteiger partial charge on any atom is -0.370 e. The van der Waals surface area contributed by atoms with Crippen molar-refractivity contribution in [1.82, 2.24) is 4.98 Å². The molecule has 0 saturated carbocycles. The Morgan fingerprint density at radius 3 is 2.65 bits per heavy atom. The third-order valence-electron chi connectivity index (χ3n) is 3.45. The fraction of sp³-hybridized carbons (Fsp3) is 0.250. The van der Waals surface area contributed by atoms with Gasteiger partial charge in [-0.25, -0.2) is 4.98 Å². The van der Waals surface area contributed by atoms with Gasteiger partial charge in [-0.3, -0.25) is 4.79 Å². The molecule has 0 saturated heterocycles. The third kappa shape index (κ3) is 2.16. The topological polar surface area (TPSA) is 33.2 Å². The van der Waals surface area contributed by atoms with Crippen molar-refractivity contribution in [2.45, 2.75) is 13.8 Å². The predicted molar refractivity (Wildman–Crippen MR) is 86.1 cm³/mol. The Bertz CT molecular complexity index is 777. The number of fused-ring (bicyclic) bond motifs is 2. The molecule has 0 fully saturated rings. The monoisotopic (exact) mass is 284 g/mol. The lowest BCUT2D eigenvalue weighted by Crippen LogP contribution is -2.24. The molecule has 2 aliphatic rings. The van der Waals surface area contributed by atoms with Crippen molar-refractivity contribution in [3.05, 3.63) is 46.6 Å². The van der Waals surface area contributed by atoms with Gasteiger partial charge in [0, 0.05) is 25.2 Å². The molecule has 1 aromatic rings. The summed E-state index contributed by atoms with van der Waals surface area (Å²) in [5.74, 6) is 0. The number of hydrogen-bond acceptors (Lipinski definition) is 4. The molecule has 0 spiro atoms. The van der Waals surface area contributed by atoms with Crippen molar-refractivity contribution in [2.24, 2.45) is 0 Å². The minimum absolute atomic E-state index is 0.0488. The van der Waals surface area contributed by atoms with Gasteiger partial charge in [0.1, 0.15) is 5.69 Å². The zero-order chi connectivity index (χ0) is 14.1. The number of benzene rings is 2. The fourth-order valence-corrected chi connectivity index (χ4v) is 3.46. The van der Waals surface area contributed by atoms with Gasteiger partial charge in [-0.15, -0.1) is 11.3 Å². The maximum Gasteiger partial charge on any atom is 0.182 e. The molecule has 0 bridgehead atoms. The largest absolute Gasteiger partial charge is 0.370 e. The first-order valence-electron chi connectivity index (χ1n) is 6.81. The Labute approximate surface area is 121 Å². The second kappa shape index (κ2) is 5.21. The van der Waals surface area contributed by atoms with Crippen molar-refractivity contribution in [1.29, 1.82) is 0 Å². The summed E-state index contributed by atoms with van der Waals surface area (Å²) in [6.45, 7) is 5.93. The van der Waals surface area contributed by atoms with E-state index in [2.05, 4.69) is 18.7 Å². The van der Waals surface area contributed by atoms with Crippen LogP contribution in [0.5, 0.6) is 0 Å². The van der Waals surface area contributed by atoms with Gasteiger partial charge in [0.15, 0.2) is 5.43 Å². The molecule has 0 aromatic heterocycles. The van der Waals surface area contributed by atoms with Gasteiger partial charge in [-0.1, -0.05) is 12.1 Å². The lowest BCUT2D eigenvalue weighted by Gasteiger charge is -2.23. The number of para-hydroxylation sites is 1. The van der Waals surface area contributed by atoms with Gasteiger partial charge in [-0.05, 0) is 26.0 Å². The van der Waals surface area contributed by atoms with Crippen LogP contribution < -0.4 is 10.3 Å². The lowest BCUT2D eigenvalue weighted by atomic mass is 10.2. The summed E-state index contributed by atoms with van der Waals surface area (Å²) in [5.41, 5.74) is 2.90. The van der Waals surface area contributed by atoms with Crippen molar-refractivity contribution >= 4 is 27.2 Å². The van der Waals surface area contributed by atoms with E-state index in [0.717, 1.165) is 39.6 Å². The second-order valence-corrected chi connectivity index (χ2v) is 5.73. The van der Waals surface area contributed by atoms with Gasteiger partial charge >= 0.3 is 0 Å². The summed E-state index contributed by atoms with van der Waals surface area (Å²) >= 11 is 1.63. The first kappa shape index (κ1) is 13.1. The number of nitrogens with zero attached hydrogens (tertiary/aromatic N) is 2. The predicted octanol–water partition coefficient (Wildman–Crippen LogP) is 3.61. The van der Waals surface area contributed by atoms with Crippen molar-refractivity contribution < 1.29 is 0 Å². The van der Waals surface area contributed by atoms with Crippen LogP contribution in [-0.4, -0.2) is 18.1 Å². The first-order valence-corrected chi connectivity index (χ1v) is 7.63. The van der Waals surface area contributed by atoms with Gasteiger partial charge in [0.05, 0.1) is 20.8 Å². The molecule has 0 N–H and O–H groups in total. The van der Waals surface area contributed by atoms with Crippen LogP contribution in [0.15, 0.2) is 41.2 Å². The Hall–Kier alpha value is -1.94. The van der Waals surface area contributed by atoms with E-state index in [-0.39, 0.29) is 5.43 Å². The maximum atomic E-state index is 11.9. The number of hydrogen-bond donors (Lipinski definition) is 0. The summed E-state index contributed by atoms with van der Waals surface area (Å²) in [6, 6.07) is 11.4. The van der Waals surface area contributed by atoms with Crippen molar-refractivity contribution in [3.8, 4) is 10.6 Å². The molecule has 1 heterocycles. The summed E-state index contributed by atoms with van der Waals surface area (Å²) in [6.07, 6.45) is 0. The molecule has 0 unspecified atom stereocenters. The quantitative estimate of drug-likeness (QED) is 0.689. The Morgan fingerprint density at radius 1 is 1.15 bits per heavy atom. The number of rotatable bonds is 3. The first-order chi connectivity index (χ1) is 9.72. The van der Waals surface area contributed by atoms with Crippen LogP contribution >= 0.6 is 11.3 Å². The summed E-state index contributed by atoms with van der Waals surface area (Å²) < 4.78 is 1.11. The molecule has 3 nitrogen and oxygen atoms in total. The molecule has 1 aliphatic heterocycles. The molecule has 102 valence electrons. The van der Waals surface area contributed by atoms with Crippen LogP contribution in [0, 0.1) is 0 Å². The van der Waals surface area contributed by atoms with Crippen LogP contribution in [0.4, 0.5) is 5.69 Å². The maximum absolute atomic E-state index is 11.9. The van der Waals surface area contributed by atoms with Gasteiger partial charge in [0.25, 0.3) is 0 Å². The van der Waals surface area contributed by atoms with E-state index in [4.69, 9.17) is 4.98 Å². The van der Waals surface area contributed by atoms with Crippen molar-refractivity contribution in [3.63, 3.8) is 0 Å². The highest BCUT2D eigenvalue weighted by molar-refractivity contribution is 7.21. The van der Waals surface area contributed by atoms with Gasteiger partial charge in [0.2, 0.25) is 0 Å².